The Morgan fingerprint density at radius 2 is 1.95 bits per heavy atom. The average Bonchev–Trinajstić information content (AvgIpc) is 2.81. The van der Waals surface area contributed by atoms with Crippen LogP contribution in [0.25, 0.3) is 22.6 Å². The topological polar surface area (TPSA) is 101 Å². The van der Waals surface area contributed by atoms with E-state index in [2.05, 4.69) is 19.9 Å². The summed E-state index contributed by atoms with van der Waals surface area (Å²) in [5.41, 5.74) is 9.29. The summed E-state index contributed by atoms with van der Waals surface area (Å²) in [6, 6.07) is 4.88. The Labute approximate surface area is 132 Å². The normalized spacial score (nSPS) is 10.9. The van der Waals surface area contributed by atoms with E-state index in [-0.39, 0.29) is 10.8 Å². The molecule has 3 aromatic rings. The number of H-pyrrole nitrogens is 1. The van der Waals surface area contributed by atoms with Crippen molar-refractivity contribution in [3.05, 3.63) is 40.9 Å². The highest BCUT2D eigenvalue weighted by Crippen LogP contribution is 2.34. The minimum atomic E-state index is 0.0175. The molecule has 4 N–H and O–H groups in total. The minimum Gasteiger partial charge on any atom is -0.506 e. The van der Waals surface area contributed by atoms with Crippen molar-refractivity contribution in [1.82, 2.24) is 19.9 Å². The Kier molecular flexibility index (Phi) is 3.46. The zero-order valence-corrected chi connectivity index (χ0v) is 12.8. The number of hydrogen-bond donors (Lipinski definition) is 3. The first-order chi connectivity index (χ1) is 10.5. The van der Waals surface area contributed by atoms with Gasteiger partial charge in [0.15, 0.2) is 0 Å². The zero-order valence-electron chi connectivity index (χ0n) is 12.1. The monoisotopic (exact) mass is 315 g/mol. The third kappa shape index (κ3) is 2.48. The number of phenolic OH excluding ortho intramolecular Hbond substituents is 1. The van der Waals surface area contributed by atoms with Crippen LogP contribution in [0.3, 0.4) is 0 Å². The molecule has 0 saturated heterocycles. The summed E-state index contributed by atoms with van der Waals surface area (Å²) in [6.07, 6.45) is 1.48. The molecule has 2 heterocycles. The average molecular weight is 316 g/mol. The Balaban J connectivity index is 2.24. The second kappa shape index (κ2) is 5.31. The highest BCUT2D eigenvalue weighted by molar-refractivity contribution is 6.32. The van der Waals surface area contributed by atoms with Gasteiger partial charge < -0.3 is 15.8 Å². The first-order valence-electron chi connectivity index (χ1n) is 6.60. The number of nitrogens with one attached hydrogen (secondary N) is 1. The number of aromatic hydroxyl groups is 1. The van der Waals surface area contributed by atoms with Gasteiger partial charge in [-0.3, -0.25) is 4.98 Å². The van der Waals surface area contributed by atoms with Crippen LogP contribution in [0, 0.1) is 13.8 Å². The number of aromatic nitrogens is 4. The molecule has 2 aromatic heterocycles. The van der Waals surface area contributed by atoms with Gasteiger partial charge in [0.25, 0.3) is 0 Å². The highest BCUT2D eigenvalue weighted by atomic mass is 35.5. The van der Waals surface area contributed by atoms with Crippen molar-refractivity contribution in [2.24, 2.45) is 0 Å². The maximum atomic E-state index is 9.56. The fraction of sp³-hybridized carbons (Fsp3) is 0.133. The van der Waals surface area contributed by atoms with Crippen molar-refractivity contribution in [2.45, 2.75) is 13.8 Å². The quantitative estimate of drug-likeness (QED) is 0.674. The number of hydrogen-bond acceptors (Lipinski definition) is 5. The lowest BCUT2D eigenvalue weighted by Gasteiger charge is -2.09. The summed E-state index contributed by atoms with van der Waals surface area (Å²) >= 11 is 5.99. The largest absolute Gasteiger partial charge is 0.506 e. The standard InChI is InChI=1S/C15H14ClN5O/c1-7-13(20-8(2)19-7)15-14(18-6-12(17)21-15)9-3-4-11(22)10(16)5-9/h3-6,22H,1-2H3,(H2,17,21)(H,19,20). The molecule has 3 rings (SSSR count). The van der Waals surface area contributed by atoms with Gasteiger partial charge in [-0.1, -0.05) is 11.6 Å². The van der Waals surface area contributed by atoms with E-state index in [1.54, 1.807) is 12.1 Å². The van der Waals surface area contributed by atoms with Gasteiger partial charge in [-0.15, -0.1) is 0 Å². The van der Waals surface area contributed by atoms with Crippen LogP contribution in [-0.4, -0.2) is 25.0 Å². The van der Waals surface area contributed by atoms with E-state index in [1.807, 2.05) is 13.8 Å². The van der Waals surface area contributed by atoms with E-state index in [9.17, 15) is 5.11 Å². The molecule has 0 radical (unpaired) electrons. The van der Waals surface area contributed by atoms with Crippen LogP contribution in [0.5, 0.6) is 5.75 Å². The van der Waals surface area contributed by atoms with Crippen LogP contribution in [-0.2, 0) is 0 Å². The summed E-state index contributed by atoms with van der Waals surface area (Å²) < 4.78 is 0. The van der Waals surface area contributed by atoms with Gasteiger partial charge in [0.2, 0.25) is 0 Å². The number of aryl methyl sites for hydroxylation is 2. The van der Waals surface area contributed by atoms with Crippen LogP contribution >= 0.6 is 11.6 Å². The number of halogens is 1. The summed E-state index contributed by atoms with van der Waals surface area (Å²) in [7, 11) is 0. The molecule has 0 amide bonds. The van der Waals surface area contributed by atoms with Gasteiger partial charge in [-0.25, -0.2) is 9.97 Å². The fourth-order valence-corrected chi connectivity index (χ4v) is 2.46. The molecular formula is C15H14ClN5O. The third-order valence-corrected chi connectivity index (χ3v) is 3.55. The molecule has 0 bridgehead atoms. The van der Waals surface area contributed by atoms with Crippen LogP contribution in [0.15, 0.2) is 24.4 Å². The Hall–Kier alpha value is -2.60. The molecule has 1 aromatic carbocycles. The molecule has 0 aliphatic heterocycles. The van der Waals surface area contributed by atoms with Gasteiger partial charge in [0, 0.05) is 5.56 Å². The first-order valence-corrected chi connectivity index (χ1v) is 6.98. The highest BCUT2D eigenvalue weighted by Gasteiger charge is 2.17. The SMILES string of the molecule is Cc1nc(C)c(-c2nc(N)cnc2-c2ccc(O)c(Cl)c2)[nH]1. The molecule has 0 saturated carbocycles. The van der Waals surface area contributed by atoms with E-state index in [4.69, 9.17) is 17.3 Å². The van der Waals surface area contributed by atoms with Gasteiger partial charge >= 0.3 is 0 Å². The second-order valence-corrected chi connectivity index (χ2v) is 5.35. The third-order valence-electron chi connectivity index (χ3n) is 3.25. The molecule has 0 unspecified atom stereocenters. The maximum absolute atomic E-state index is 9.56. The van der Waals surface area contributed by atoms with E-state index in [1.165, 1.54) is 12.3 Å². The predicted octanol–water partition coefficient (Wildman–Crippen LogP) is 3.09. The van der Waals surface area contributed by atoms with E-state index in [0.29, 0.717) is 17.2 Å². The molecule has 0 aliphatic carbocycles. The molecule has 0 fully saturated rings. The Bertz CT molecular complexity index is 859. The Morgan fingerprint density at radius 3 is 2.59 bits per heavy atom. The predicted molar refractivity (Wildman–Crippen MR) is 85.6 cm³/mol. The number of anilines is 1. The summed E-state index contributed by atoms with van der Waals surface area (Å²) in [5.74, 6) is 1.12. The molecule has 6 nitrogen and oxygen atoms in total. The van der Waals surface area contributed by atoms with Gasteiger partial charge in [-0.2, -0.15) is 0 Å². The molecule has 112 valence electrons. The van der Waals surface area contributed by atoms with Crippen molar-refractivity contribution in [3.63, 3.8) is 0 Å². The van der Waals surface area contributed by atoms with Gasteiger partial charge in [0.1, 0.15) is 23.1 Å². The van der Waals surface area contributed by atoms with Crippen LogP contribution < -0.4 is 5.73 Å². The van der Waals surface area contributed by atoms with Gasteiger partial charge in [-0.05, 0) is 32.0 Å². The summed E-state index contributed by atoms with van der Waals surface area (Å²) in [5, 5.41) is 9.81. The molecule has 22 heavy (non-hydrogen) atoms. The minimum absolute atomic E-state index is 0.0175. The van der Waals surface area contributed by atoms with Crippen molar-refractivity contribution in [1.29, 1.82) is 0 Å². The number of nitrogens with zero attached hydrogens (tertiary/aromatic N) is 3. The van der Waals surface area contributed by atoms with E-state index >= 15 is 0 Å². The van der Waals surface area contributed by atoms with E-state index in [0.717, 1.165) is 22.8 Å². The van der Waals surface area contributed by atoms with Gasteiger partial charge in [0.05, 0.1) is 28.3 Å². The maximum Gasteiger partial charge on any atom is 0.142 e. The number of rotatable bonds is 2. The first kappa shape index (κ1) is 14.3. The molecule has 0 spiro atoms. The number of aromatic amines is 1. The Morgan fingerprint density at radius 1 is 1.18 bits per heavy atom. The fourth-order valence-electron chi connectivity index (χ4n) is 2.28. The van der Waals surface area contributed by atoms with Crippen molar-refractivity contribution in [2.75, 3.05) is 5.73 Å². The van der Waals surface area contributed by atoms with Crippen molar-refractivity contribution in [3.8, 4) is 28.4 Å². The van der Waals surface area contributed by atoms with Crippen molar-refractivity contribution >= 4 is 17.4 Å². The lowest BCUT2D eigenvalue weighted by Crippen LogP contribution is -1.99. The summed E-state index contributed by atoms with van der Waals surface area (Å²) in [4.78, 5) is 16.3. The number of phenols is 1. The van der Waals surface area contributed by atoms with Crippen LogP contribution in [0.1, 0.15) is 11.5 Å². The number of imidazole rings is 1. The molecule has 7 heteroatoms. The molecule has 0 atom stereocenters. The number of nitrogens with two attached hydrogens (primary N) is 1. The molecular weight excluding hydrogens is 302 g/mol. The van der Waals surface area contributed by atoms with Crippen LogP contribution in [0.4, 0.5) is 5.82 Å². The lowest BCUT2D eigenvalue weighted by atomic mass is 10.1. The number of benzene rings is 1. The zero-order chi connectivity index (χ0) is 15.9. The van der Waals surface area contributed by atoms with Crippen LogP contribution in [0.2, 0.25) is 5.02 Å². The molecule has 0 aliphatic rings. The number of nitrogen functional groups attached to an aromatic ring is 1. The van der Waals surface area contributed by atoms with Crippen molar-refractivity contribution < 1.29 is 5.11 Å². The van der Waals surface area contributed by atoms with E-state index < -0.39 is 0 Å². The lowest BCUT2D eigenvalue weighted by molar-refractivity contribution is 0.475. The second-order valence-electron chi connectivity index (χ2n) is 4.94. The smallest absolute Gasteiger partial charge is 0.142 e. The summed E-state index contributed by atoms with van der Waals surface area (Å²) in [6.45, 7) is 3.75.